The molecule has 2 aromatic rings. The number of hydrogen-bond acceptors (Lipinski definition) is 4. The maximum absolute atomic E-state index is 12.9. The Morgan fingerprint density at radius 1 is 1.26 bits per heavy atom. The van der Waals surface area contributed by atoms with Gasteiger partial charge >= 0.3 is 0 Å². The van der Waals surface area contributed by atoms with Gasteiger partial charge in [0.25, 0.3) is 0 Å². The van der Waals surface area contributed by atoms with Crippen molar-refractivity contribution in [2.75, 3.05) is 11.4 Å². The highest BCUT2D eigenvalue weighted by atomic mass is 19.1. The number of ether oxygens (including phenoxy) is 1. The molecule has 2 heterocycles. The molecule has 0 radical (unpaired) electrons. The van der Waals surface area contributed by atoms with Gasteiger partial charge in [-0.2, -0.15) is 0 Å². The summed E-state index contributed by atoms with van der Waals surface area (Å²) in [5.41, 5.74) is 0. The number of halogens is 1. The van der Waals surface area contributed by atoms with Crippen LogP contribution in [0.1, 0.15) is 32.5 Å². The van der Waals surface area contributed by atoms with E-state index in [1.54, 1.807) is 12.1 Å². The van der Waals surface area contributed by atoms with Gasteiger partial charge in [-0.3, -0.25) is 4.57 Å². The van der Waals surface area contributed by atoms with Crippen molar-refractivity contribution in [2.24, 2.45) is 13.0 Å². The second-order valence-corrected chi connectivity index (χ2v) is 6.27. The second-order valence-electron chi connectivity index (χ2n) is 6.27. The van der Waals surface area contributed by atoms with Gasteiger partial charge in [-0.05, 0) is 43.0 Å². The lowest BCUT2D eigenvalue weighted by atomic mass is 10.1. The van der Waals surface area contributed by atoms with Crippen molar-refractivity contribution < 1.29 is 9.13 Å². The first kappa shape index (κ1) is 15.8. The molecule has 23 heavy (non-hydrogen) atoms. The van der Waals surface area contributed by atoms with Gasteiger partial charge in [0.2, 0.25) is 5.95 Å². The summed E-state index contributed by atoms with van der Waals surface area (Å²) >= 11 is 0. The van der Waals surface area contributed by atoms with Gasteiger partial charge in [-0.1, -0.05) is 13.8 Å². The highest BCUT2D eigenvalue weighted by Crippen LogP contribution is 2.29. The van der Waals surface area contributed by atoms with Crippen LogP contribution in [0, 0.1) is 11.7 Å². The van der Waals surface area contributed by atoms with E-state index in [-0.39, 0.29) is 5.82 Å². The number of aromatic nitrogens is 3. The van der Waals surface area contributed by atoms with Crippen molar-refractivity contribution in [3.63, 3.8) is 0 Å². The van der Waals surface area contributed by atoms with E-state index in [0.29, 0.717) is 24.3 Å². The van der Waals surface area contributed by atoms with Crippen LogP contribution in [0.3, 0.4) is 0 Å². The van der Waals surface area contributed by atoms with Gasteiger partial charge in [0.1, 0.15) is 18.2 Å². The van der Waals surface area contributed by atoms with Crippen molar-refractivity contribution in [1.29, 1.82) is 0 Å². The summed E-state index contributed by atoms with van der Waals surface area (Å²) in [6, 6.07) is 6.52. The fraction of sp³-hybridized carbons (Fsp3) is 0.529. The van der Waals surface area contributed by atoms with Crippen molar-refractivity contribution in [3.05, 3.63) is 35.9 Å². The third-order valence-electron chi connectivity index (χ3n) is 4.48. The predicted octanol–water partition coefficient (Wildman–Crippen LogP) is 3.16. The molecule has 3 rings (SSSR count). The van der Waals surface area contributed by atoms with Gasteiger partial charge in [0, 0.05) is 19.6 Å². The maximum Gasteiger partial charge on any atom is 0.227 e. The van der Waals surface area contributed by atoms with Crippen LogP contribution in [0.2, 0.25) is 0 Å². The van der Waals surface area contributed by atoms with Gasteiger partial charge < -0.3 is 9.64 Å². The largest absolute Gasteiger partial charge is 0.486 e. The third-order valence-corrected chi connectivity index (χ3v) is 4.48. The standard InChI is InChI=1S/C17H23FN4O/c1-4-14-9-12(2)10-22(14)17-20-19-16(21(17)3)11-23-15-7-5-13(18)6-8-15/h5-8,12,14H,4,9-11H2,1-3H3. The zero-order valence-electron chi connectivity index (χ0n) is 13.9. The summed E-state index contributed by atoms with van der Waals surface area (Å²) in [7, 11) is 1.97. The first-order valence-electron chi connectivity index (χ1n) is 8.11. The number of rotatable bonds is 5. The molecule has 124 valence electrons. The number of hydrogen-bond donors (Lipinski definition) is 0. The van der Waals surface area contributed by atoms with Crippen molar-refractivity contribution in [3.8, 4) is 5.75 Å². The fourth-order valence-corrected chi connectivity index (χ4v) is 3.19. The molecule has 0 aliphatic carbocycles. The first-order valence-corrected chi connectivity index (χ1v) is 8.11. The summed E-state index contributed by atoms with van der Waals surface area (Å²) < 4.78 is 20.6. The fourth-order valence-electron chi connectivity index (χ4n) is 3.19. The summed E-state index contributed by atoms with van der Waals surface area (Å²) in [6.07, 6.45) is 2.31. The summed E-state index contributed by atoms with van der Waals surface area (Å²) in [6.45, 7) is 5.82. The Morgan fingerprint density at radius 2 is 2.00 bits per heavy atom. The van der Waals surface area contributed by atoms with E-state index >= 15 is 0 Å². The van der Waals surface area contributed by atoms with Gasteiger partial charge in [-0.25, -0.2) is 4.39 Å². The van der Waals surface area contributed by atoms with Crippen LogP contribution in [0.15, 0.2) is 24.3 Å². The molecule has 0 bridgehead atoms. The number of anilines is 1. The lowest BCUT2D eigenvalue weighted by molar-refractivity contribution is 0.291. The molecule has 6 heteroatoms. The van der Waals surface area contributed by atoms with Crippen LogP contribution >= 0.6 is 0 Å². The molecule has 0 spiro atoms. The Balaban J connectivity index is 1.70. The van der Waals surface area contributed by atoms with Crippen LogP contribution in [-0.4, -0.2) is 27.4 Å². The highest BCUT2D eigenvalue weighted by molar-refractivity contribution is 5.35. The molecule has 1 saturated heterocycles. The van der Waals surface area contributed by atoms with Crippen LogP contribution in [-0.2, 0) is 13.7 Å². The minimum Gasteiger partial charge on any atom is -0.486 e. The summed E-state index contributed by atoms with van der Waals surface area (Å²) in [5, 5.41) is 8.61. The smallest absolute Gasteiger partial charge is 0.227 e. The molecular weight excluding hydrogens is 295 g/mol. The Kier molecular flexibility index (Phi) is 4.50. The lowest BCUT2D eigenvalue weighted by Gasteiger charge is -2.24. The molecular formula is C17H23FN4O. The van der Waals surface area contributed by atoms with E-state index in [4.69, 9.17) is 4.74 Å². The number of nitrogens with zero attached hydrogens (tertiary/aromatic N) is 4. The molecule has 0 saturated carbocycles. The molecule has 1 aliphatic heterocycles. The quantitative estimate of drug-likeness (QED) is 0.849. The van der Waals surface area contributed by atoms with E-state index < -0.39 is 0 Å². The molecule has 1 aromatic carbocycles. The Morgan fingerprint density at radius 3 is 2.70 bits per heavy atom. The molecule has 1 aliphatic rings. The normalized spacial score (nSPS) is 21.0. The molecule has 1 aromatic heterocycles. The molecule has 0 amide bonds. The van der Waals surface area contributed by atoms with Crippen molar-refractivity contribution in [1.82, 2.24) is 14.8 Å². The topological polar surface area (TPSA) is 43.2 Å². The van der Waals surface area contributed by atoms with Crippen molar-refractivity contribution >= 4 is 5.95 Å². The Hall–Kier alpha value is -2.11. The summed E-state index contributed by atoms with van der Waals surface area (Å²) in [4.78, 5) is 2.35. The monoisotopic (exact) mass is 318 g/mol. The minimum atomic E-state index is -0.271. The second kappa shape index (κ2) is 6.56. The van der Waals surface area contributed by atoms with E-state index in [0.717, 1.165) is 24.7 Å². The minimum absolute atomic E-state index is 0.271. The zero-order chi connectivity index (χ0) is 16.4. The average Bonchev–Trinajstić information content (AvgIpc) is 3.09. The molecule has 5 nitrogen and oxygen atoms in total. The van der Waals surface area contributed by atoms with E-state index in [2.05, 4.69) is 28.9 Å². The molecule has 2 unspecified atom stereocenters. The SMILES string of the molecule is CCC1CC(C)CN1c1nnc(COc2ccc(F)cc2)n1C. The maximum atomic E-state index is 12.9. The molecule has 0 N–H and O–H groups in total. The van der Waals surface area contributed by atoms with Crippen LogP contribution in [0.25, 0.3) is 0 Å². The Bertz CT molecular complexity index is 655. The van der Waals surface area contributed by atoms with Crippen LogP contribution < -0.4 is 9.64 Å². The van der Waals surface area contributed by atoms with Crippen LogP contribution in [0.4, 0.5) is 10.3 Å². The van der Waals surface area contributed by atoms with Gasteiger partial charge in [0.15, 0.2) is 5.82 Å². The predicted molar refractivity (Wildman–Crippen MR) is 86.9 cm³/mol. The summed E-state index contributed by atoms with van der Waals surface area (Å²) in [5.74, 6) is 2.69. The first-order chi connectivity index (χ1) is 11.1. The third kappa shape index (κ3) is 3.30. The number of benzene rings is 1. The molecule has 1 fully saturated rings. The Labute approximate surface area is 136 Å². The lowest BCUT2D eigenvalue weighted by Crippen LogP contribution is -2.31. The van der Waals surface area contributed by atoms with E-state index in [1.807, 2.05) is 11.6 Å². The highest BCUT2D eigenvalue weighted by Gasteiger charge is 2.31. The van der Waals surface area contributed by atoms with Gasteiger partial charge in [0.05, 0.1) is 0 Å². The molecule has 2 atom stereocenters. The van der Waals surface area contributed by atoms with Gasteiger partial charge in [-0.15, -0.1) is 10.2 Å². The van der Waals surface area contributed by atoms with E-state index in [1.165, 1.54) is 18.6 Å². The van der Waals surface area contributed by atoms with Crippen LogP contribution in [0.5, 0.6) is 5.75 Å². The van der Waals surface area contributed by atoms with Crippen molar-refractivity contribution in [2.45, 2.75) is 39.3 Å². The average molecular weight is 318 g/mol. The zero-order valence-corrected chi connectivity index (χ0v) is 13.9. The van der Waals surface area contributed by atoms with E-state index in [9.17, 15) is 4.39 Å².